The minimum Gasteiger partial charge on any atom is -0.389 e. The molecule has 1 aliphatic rings. The third-order valence-corrected chi connectivity index (χ3v) is 5.64. The Bertz CT molecular complexity index is 476. The molecule has 0 spiro atoms. The second-order valence-electron chi connectivity index (χ2n) is 6.25. The van der Waals surface area contributed by atoms with E-state index in [1.807, 2.05) is 37.8 Å². The van der Waals surface area contributed by atoms with Crippen LogP contribution in [0.1, 0.15) is 48.7 Å². The molecule has 1 aromatic heterocycles. The maximum absolute atomic E-state index is 12.5. The highest BCUT2D eigenvalue weighted by Gasteiger charge is 2.45. The fourth-order valence-corrected chi connectivity index (χ4v) is 3.35. The number of nitrogens with zero attached hydrogens (tertiary/aromatic N) is 1. The fraction of sp³-hybridized carbons (Fsp3) is 0.667. The molecule has 1 aromatic rings. The van der Waals surface area contributed by atoms with E-state index >= 15 is 0 Å². The SMILES string of the molecule is CCc1ccc(C(=O)N2CC[C@](C)(O)C(C)(C)C2)s1. The van der Waals surface area contributed by atoms with E-state index in [0.717, 1.165) is 11.3 Å². The van der Waals surface area contributed by atoms with Gasteiger partial charge in [0.1, 0.15) is 0 Å². The molecule has 3 nitrogen and oxygen atoms in total. The van der Waals surface area contributed by atoms with Crippen molar-refractivity contribution < 1.29 is 9.90 Å². The van der Waals surface area contributed by atoms with Gasteiger partial charge in [0.2, 0.25) is 0 Å². The molecular weight excluding hydrogens is 258 g/mol. The van der Waals surface area contributed by atoms with Gasteiger partial charge >= 0.3 is 0 Å². The number of hydrogen-bond donors (Lipinski definition) is 1. The maximum atomic E-state index is 12.5. The van der Waals surface area contributed by atoms with Crippen LogP contribution >= 0.6 is 11.3 Å². The molecule has 1 fully saturated rings. The van der Waals surface area contributed by atoms with Gasteiger partial charge in [0.15, 0.2) is 0 Å². The quantitative estimate of drug-likeness (QED) is 0.905. The summed E-state index contributed by atoms with van der Waals surface area (Å²) >= 11 is 1.58. The van der Waals surface area contributed by atoms with Crippen LogP contribution < -0.4 is 0 Å². The zero-order chi connectivity index (χ0) is 14.3. The van der Waals surface area contributed by atoms with Gasteiger partial charge in [0, 0.05) is 23.4 Å². The highest BCUT2D eigenvalue weighted by atomic mass is 32.1. The number of carbonyl (C=O) groups is 1. The molecule has 19 heavy (non-hydrogen) atoms. The topological polar surface area (TPSA) is 40.5 Å². The zero-order valence-electron chi connectivity index (χ0n) is 12.2. The minimum atomic E-state index is -0.701. The first kappa shape index (κ1) is 14.5. The predicted octanol–water partition coefficient (Wildman–Crippen LogP) is 2.93. The fourth-order valence-electron chi connectivity index (χ4n) is 2.43. The van der Waals surface area contributed by atoms with E-state index in [-0.39, 0.29) is 11.3 Å². The van der Waals surface area contributed by atoms with Gasteiger partial charge in [-0.25, -0.2) is 0 Å². The van der Waals surface area contributed by atoms with Gasteiger partial charge in [-0.1, -0.05) is 20.8 Å². The number of carbonyl (C=O) groups excluding carboxylic acids is 1. The van der Waals surface area contributed by atoms with Crippen molar-refractivity contribution >= 4 is 17.2 Å². The van der Waals surface area contributed by atoms with E-state index < -0.39 is 5.60 Å². The van der Waals surface area contributed by atoms with Crippen LogP contribution in [-0.4, -0.2) is 34.6 Å². The molecule has 1 saturated heterocycles. The largest absolute Gasteiger partial charge is 0.389 e. The van der Waals surface area contributed by atoms with Crippen molar-refractivity contribution in [2.24, 2.45) is 5.41 Å². The summed E-state index contributed by atoms with van der Waals surface area (Å²) in [5.74, 6) is 0.105. The lowest BCUT2D eigenvalue weighted by Gasteiger charge is -2.48. The first-order valence-electron chi connectivity index (χ1n) is 6.87. The van der Waals surface area contributed by atoms with Crippen LogP contribution in [0.4, 0.5) is 0 Å². The molecule has 0 aliphatic carbocycles. The minimum absolute atomic E-state index is 0.105. The van der Waals surface area contributed by atoms with Crippen molar-refractivity contribution in [1.29, 1.82) is 0 Å². The Morgan fingerprint density at radius 1 is 1.42 bits per heavy atom. The van der Waals surface area contributed by atoms with Gasteiger partial charge < -0.3 is 10.0 Å². The molecule has 0 aromatic carbocycles. The van der Waals surface area contributed by atoms with Crippen molar-refractivity contribution in [2.75, 3.05) is 13.1 Å². The van der Waals surface area contributed by atoms with Crippen molar-refractivity contribution in [2.45, 2.75) is 46.1 Å². The lowest BCUT2D eigenvalue weighted by molar-refractivity contribution is -0.0970. The van der Waals surface area contributed by atoms with Crippen molar-refractivity contribution in [3.05, 3.63) is 21.9 Å². The molecule has 4 heteroatoms. The van der Waals surface area contributed by atoms with Crippen LogP contribution in [-0.2, 0) is 6.42 Å². The number of likely N-dealkylation sites (tertiary alicyclic amines) is 1. The van der Waals surface area contributed by atoms with Crippen LogP contribution in [0.15, 0.2) is 12.1 Å². The highest BCUT2D eigenvalue weighted by molar-refractivity contribution is 7.14. The van der Waals surface area contributed by atoms with Gasteiger partial charge in [0.25, 0.3) is 5.91 Å². The van der Waals surface area contributed by atoms with Gasteiger partial charge in [-0.2, -0.15) is 0 Å². The zero-order valence-corrected chi connectivity index (χ0v) is 13.0. The molecule has 1 aliphatic heterocycles. The molecule has 1 amide bonds. The Balaban J connectivity index is 2.13. The van der Waals surface area contributed by atoms with Crippen molar-refractivity contribution in [3.8, 4) is 0 Å². The van der Waals surface area contributed by atoms with Gasteiger partial charge in [-0.05, 0) is 31.9 Å². The van der Waals surface area contributed by atoms with Crippen LogP contribution in [0.5, 0.6) is 0 Å². The molecule has 1 atom stereocenters. The number of thiophene rings is 1. The van der Waals surface area contributed by atoms with Gasteiger partial charge in [-0.3, -0.25) is 4.79 Å². The number of piperidine rings is 1. The summed E-state index contributed by atoms with van der Waals surface area (Å²) in [5.41, 5.74) is -0.973. The van der Waals surface area contributed by atoms with Crippen molar-refractivity contribution in [1.82, 2.24) is 4.90 Å². The summed E-state index contributed by atoms with van der Waals surface area (Å²) in [5, 5.41) is 10.4. The van der Waals surface area contributed by atoms with E-state index in [0.29, 0.717) is 19.5 Å². The summed E-state index contributed by atoms with van der Waals surface area (Å²) in [7, 11) is 0. The summed E-state index contributed by atoms with van der Waals surface area (Å²) in [6, 6.07) is 3.95. The first-order valence-corrected chi connectivity index (χ1v) is 7.69. The van der Waals surface area contributed by atoms with Crippen LogP contribution in [0.25, 0.3) is 0 Å². The Morgan fingerprint density at radius 3 is 2.63 bits per heavy atom. The summed E-state index contributed by atoms with van der Waals surface area (Å²) in [6.07, 6.45) is 1.61. The molecule has 2 rings (SSSR count). The first-order chi connectivity index (χ1) is 8.77. The molecule has 0 radical (unpaired) electrons. The average Bonchev–Trinajstić information content (AvgIpc) is 2.80. The number of hydrogen-bond acceptors (Lipinski definition) is 3. The Labute approximate surface area is 119 Å². The highest BCUT2D eigenvalue weighted by Crippen LogP contribution is 2.38. The van der Waals surface area contributed by atoms with E-state index in [1.165, 1.54) is 4.88 Å². The summed E-state index contributed by atoms with van der Waals surface area (Å²) in [4.78, 5) is 16.4. The van der Waals surface area contributed by atoms with Crippen LogP contribution in [0.3, 0.4) is 0 Å². The lowest BCUT2D eigenvalue weighted by atomic mass is 9.71. The standard InChI is InChI=1S/C15H23NO2S/c1-5-11-6-7-12(19-11)13(17)16-9-8-15(4,18)14(2,3)10-16/h6-7,18H,5,8-10H2,1-4H3/t15-/m0/s1. The molecule has 0 saturated carbocycles. The molecule has 1 N–H and O–H groups in total. The molecular formula is C15H23NO2S. The number of amides is 1. The van der Waals surface area contributed by atoms with Crippen LogP contribution in [0, 0.1) is 5.41 Å². The Morgan fingerprint density at radius 2 is 2.11 bits per heavy atom. The summed E-state index contributed by atoms with van der Waals surface area (Å²) in [6.45, 7) is 9.26. The molecule has 0 bridgehead atoms. The van der Waals surface area contributed by atoms with Crippen molar-refractivity contribution in [3.63, 3.8) is 0 Å². The molecule has 2 heterocycles. The Hall–Kier alpha value is -0.870. The second-order valence-corrected chi connectivity index (χ2v) is 7.42. The number of aryl methyl sites for hydroxylation is 1. The summed E-state index contributed by atoms with van der Waals surface area (Å²) < 4.78 is 0. The predicted molar refractivity (Wildman–Crippen MR) is 78.6 cm³/mol. The monoisotopic (exact) mass is 281 g/mol. The van der Waals surface area contributed by atoms with Crippen LogP contribution in [0.2, 0.25) is 0 Å². The third kappa shape index (κ3) is 2.70. The van der Waals surface area contributed by atoms with Gasteiger partial charge in [-0.15, -0.1) is 11.3 Å². The van der Waals surface area contributed by atoms with E-state index in [4.69, 9.17) is 0 Å². The normalized spacial score (nSPS) is 26.5. The Kier molecular flexibility index (Phi) is 3.76. The molecule has 0 unspecified atom stereocenters. The lowest BCUT2D eigenvalue weighted by Crippen LogP contribution is -2.56. The molecule has 106 valence electrons. The third-order valence-electron chi connectivity index (χ3n) is 4.42. The number of rotatable bonds is 2. The second kappa shape index (κ2) is 4.91. The maximum Gasteiger partial charge on any atom is 0.263 e. The average molecular weight is 281 g/mol. The van der Waals surface area contributed by atoms with E-state index in [1.54, 1.807) is 11.3 Å². The number of aliphatic hydroxyl groups is 1. The van der Waals surface area contributed by atoms with E-state index in [9.17, 15) is 9.90 Å². The smallest absolute Gasteiger partial charge is 0.263 e. The van der Waals surface area contributed by atoms with Gasteiger partial charge in [0.05, 0.1) is 10.5 Å². The van der Waals surface area contributed by atoms with E-state index in [2.05, 4.69) is 6.92 Å².